The van der Waals surface area contributed by atoms with Crippen LogP contribution in [-0.4, -0.2) is 5.62 Å². The van der Waals surface area contributed by atoms with Gasteiger partial charge in [0, 0.05) is 11.3 Å². The van der Waals surface area contributed by atoms with Crippen molar-refractivity contribution in [2.45, 2.75) is 25.0 Å². The van der Waals surface area contributed by atoms with Crippen LogP contribution in [-0.2, 0) is 0 Å². The lowest BCUT2D eigenvalue weighted by Gasteiger charge is -2.28. The number of hydrogen-bond acceptors (Lipinski definition) is 2. The fraction of sp³-hybridized carbons (Fsp3) is 0.400. The van der Waals surface area contributed by atoms with Crippen LogP contribution in [0.25, 0.3) is 0 Å². The molecule has 4 heteroatoms. The largest absolute Gasteiger partial charge is 0.357 e. The van der Waals surface area contributed by atoms with Crippen molar-refractivity contribution in [2.75, 3.05) is 5.32 Å². The third kappa shape index (κ3) is 1.70. The summed E-state index contributed by atoms with van der Waals surface area (Å²) in [4.78, 5) is 0. The van der Waals surface area contributed by atoms with Gasteiger partial charge in [-0.2, -0.15) is 0 Å². The van der Waals surface area contributed by atoms with Gasteiger partial charge in [0.05, 0.1) is 0 Å². The van der Waals surface area contributed by atoms with E-state index in [1.54, 1.807) is 0 Å². The molecular formula is C10H12Cl2N2. The van der Waals surface area contributed by atoms with E-state index in [9.17, 15) is 0 Å². The number of benzene rings is 1. The van der Waals surface area contributed by atoms with Crippen LogP contribution < -0.4 is 10.6 Å². The smallest absolute Gasteiger partial charge is 0.156 e. The Labute approximate surface area is 93.6 Å². The molecule has 0 amide bonds. The van der Waals surface area contributed by atoms with Gasteiger partial charge in [0.1, 0.15) is 5.50 Å². The van der Waals surface area contributed by atoms with Crippen LogP contribution in [0, 0.1) is 13.8 Å². The minimum Gasteiger partial charge on any atom is -0.357 e. The topological polar surface area (TPSA) is 24.1 Å². The van der Waals surface area contributed by atoms with E-state index in [0.717, 1.165) is 11.3 Å². The molecule has 0 bridgehead atoms. The van der Waals surface area contributed by atoms with E-state index in [-0.39, 0.29) is 11.1 Å². The van der Waals surface area contributed by atoms with Gasteiger partial charge >= 0.3 is 0 Å². The molecular weight excluding hydrogens is 219 g/mol. The molecule has 0 spiro atoms. The fourth-order valence-corrected chi connectivity index (χ4v) is 2.18. The summed E-state index contributed by atoms with van der Waals surface area (Å²) in [6, 6.07) is 4.17. The lowest BCUT2D eigenvalue weighted by molar-refractivity contribution is 0.642. The first-order valence-electron chi connectivity index (χ1n) is 4.50. The molecule has 2 N–H and O–H groups in total. The summed E-state index contributed by atoms with van der Waals surface area (Å²) >= 11 is 12.1. The minimum atomic E-state index is -0.299. The molecule has 2 atom stereocenters. The van der Waals surface area contributed by atoms with Crippen molar-refractivity contribution in [2.24, 2.45) is 0 Å². The zero-order chi connectivity index (χ0) is 10.3. The van der Waals surface area contributed by atoms with Crippen LogP contribution in [0.3, 0.4) is 0 Å². The molecule has 0 unspecified atom stereocenters. The molecule has 1 aromatic carbocycles. The van der Waals surface area contributed by atoms with E-state index >= 15 is 0 Å². The number of alkyl halides is 2. The van der Waals surface area contributed by atoms with Gasteiger partial charge in [-0.1, -0.05) is 17.7 Å². The molecule has 1 aliphatic heterocycles. The lowest BCUT2D eigenvalue weighted by atomic mass is 10.0. The van der Waals surface area contributed by atoms with Crippen molar-refractivity contribution >= 4 is 28.9 Å². The predicted octanol–water partition coefficient (Wildman–Crippen LogP) is 3.08. The predicted molar refractivity (Wildman–Crippen MR) is 60.9 cm³/mol. The summed E-state index contributed by atoms with van der Waals surface area (Å²) in [5.74, 6) is 0. The molecule has 0 fully saturated rings. The van der Waals surface area contributed by atoms with E-state index in [2.05, 4.69) is 36.6 Å². The maximum absolute atomic E-state index is 6.13. The maximum atomic E-state index is 6.13. The second kappa shape index (κ2) is 3.61. The van der Waals surface area contributed by atoms with Crippen molar-refractivity contribution in [3.05, 3.63) is 28.8 Å². The fourth-order valence-electron chi connectivity index (χ4n) is 1.57. The van der Waals surface area contributed by atoms with Gasteiger partial charge < -0.3 is 5.32 Å². The third-order valence-corrected chi connectivity index (χ3v) is 3.11. The number of rotatable bonds is 0. The van der Waals surface area contributed by atoms with Crippen molar-refractivity contribution < 1.29 is 0 Å². The second-order valence-corrected chi connectivity index (χ2v) is 4.43. The van der Waals surface area contributed by atoms with Gasteiger partial charge in [0.2, 0.25) is 0 Å². The highest BCUT2D eigenvalue weighted by atomic mass is 35.5. The Morgan fingerprint density at radius 3 is 2.50 bits per heavy atom. The maximum Gasteiger partial charge on any atom is 0.156 e. The quantitative estimate of drug-likeness (QED) is 0.529. The molecule has 0 saturated carbocycles. The number of hydrogen-bond donors (Lipinski definition) is 2. The normalized spacial score (nSPS) is 25.4. The highest BCUT2D eigenvalue weighted by Crippen LogP contribution is 2.33. The molecule has 2 nitrogen and oxygen atoms in total. The summed E-state index contributed by atoms with van der Waals surface area (Å²) in [6.45, 7) is 4.15. The average molecular weight is 231 g/mol. The van der Waals surface area contributed by atoms with Gasteiger partial charge in [0.25, 0.3) is 0 Å². The Morgan fingerprint density at radius 1 is 1.14 bits per heavy atom. The molecule has 1 heterocycles. The van der Waals surface area contributed by atoms with Crippen LogP contribution >= 0.6 is 23.2 Å². The molecule has 0 aromatic heterocycles. The van der Waals surface area contributed by atoms with Crippen LogP contribution in [0.4, 0.5) is 5.69 Å². The molecule has 76 valence electrons. The first-order chi connectivity index (χ1) is 6.58. The average Bonchev–Trinajstić information content (AvgIpc) is 2.08. The Hall–Kier alpha value is -0.440. The van der Waals surface area contributed by atoms with E-state index in [1.165, 1.54) is 11.1 Å². The third-order valence-electron chi connectivity index (χ3n) is 2.51. The van der Waals surface area contributed by atoms with Crippen molar-refractivity contribution in [3.63, 3.8) is 0 Å². The number of nitrogens with one attached hydrogen (secondary N) is 2. The molecule has 1 aliphatic rings. The summed E-state index contributed by atoms with van der Waals surface area (Å²) in [7, 11) is 0. The Kier molecular flexibility index (Phi) is 2.60. The van der Waals surface area contributed by atoms with Crippen LogP contribution in [0.5, 0.6) is 0 Å². The monoisotopic (exact) mass is 230 g/mol. The van der Waals surface area contributed by atoms with Gasteiger partial charge in [-0.25, -0.2) is 0 Å². The van der Waals surface area contributed by atoms with E-state index in [1.807, 2.05) is 0 Å². The lowest BCUT2D eigenvalue weighted by Crippen LogP contribution is -2.37. The first-order valence-corrected chi connectivity index (χ1v) is 5.37. The van der Waals surface area contributed by atoms with Gasteiger partial charge in [0.15, 0.2) is 5.62 Å². The highest BCUT2D eigenvalue weighted by Gasteiger charge is 2.22. The second-order valence-electron chi connectivity index (χ2n) is 3.56. The number of halogens is 2. The molecule has 0 aliphatic carbocycles. The summed E-state index contributed by atoms with van der Waals surface area (Å²) in [5, 5.41) is 6.13. The SMILES string of the molecule is Cc1cc2c(cc1C)[C@@H](Cl)N[C@H](Cl)N2. The van der Waals surface area contributed by atoms with E-state index in [4.69, 9.17) is 23.2 Å². The zero-order valence-electron chi connectivity index (χ0n) is 8.07. The van der Waals surface area contributed by atoms with Gasteiger partial charge in [-0.05, 0) is 31.0 Å². The van der Waals surface area contributed by atoms with Gasteiger partial charge in [-0.3, -0.25) is 5.32 Å². The van der Waals surface area contributed by atoms with E-state index < -0.39 is 0 Å². The number of aryl methyl sites for hydroxylation is 2. The Morgan fingerprint density at radius 2 is 1.79 bits per heavy atom. The van der Waals surface area contributed by atoms with Crippen molar-refractivity contribution in [3.8, 4) is 0 Å². The molecule has 0 radical (unpaired) electrons. The summed E-state index contributed by atoms with van der Waals surface area (Å²) < 4.78 is 0. The standard InChI is InChI=1S/C10H12Cl2N2/c1-5-3-7-8(4-6(5)2)13-10(12)14-9(7)11/h3-4,9-10,13-14H,1-2H3/t9-,10+/m0/s1. The van der Waals surface area contributed by atoms with E-state index in [0.29, 0.717) is 0 Å². The van der Waals surface area contributed by atoms with Crippen LogP contribution in [0.1, 0.15) is 22.2 Å². The first kappa shape index (κ1) is 10.1. The minimum absolute atomic E-state index is 0.215. The number of anilines is 1. The Bertz CT molecular complexity index is 365. The van der Waals surface area contributed by atoms with Crippen LogP contribution in [0.2, 0.25) is 0 Å². The zero-order valence-corrected chi connectivity index (χ0v) is 9.58. The molecule has 0 saturated heterocycles. The summed E-state index contributed by atoms with van der Waals surface area (Å²) in [6.07, 6.45) is 0. The van der Waals surface area contributed by atoms with Crippen molar-refractivity contribution in [1.82, 2.24) is 5.32 Å². The number of fused-ring (bicyclic) bond motifs is 1. The molecule has 2 rings (SSSR count). The molecule has 1 aromatic rings. The summed E-state index contributed by atoms with van der Waals surface area (Å²) in [5.41, 5.74) is 4.05. The highest BCUT2D eigenvalue weighted by molar-refractivity contribution is 6.24. The van der Waals surface area contributed by atoms with Crippen LogP contribution in [0.15, 0.2) is 12.1 Å². The van der Waals surface area contributed by atoms with Crippen molar-refractivity contribution in [1.29, 1.82) is 0 Å². The Balaban J connectivity index is 2.49. The van der Waals surface area contributed by atoms with Gasteiger partial charge in [-0.15, -0.1) is 11.6 Å². The molecule has 14 heavy (non-hydrogen) atoms.